The normalized spacial score (nSPS) is 12.8. The highest BCUT2D eigenvalue weighted by Crippen LogP contribution is 2.27. The second-order valence-electron chi connectivity index (χ2n) is 4.35. The van der Waals surface area contributed by atoms with Gasteiger partial charge in [0.2, 0.25) is 0 Å². The van der Waals surface area contributed by atoms with Crippen molar-refractivity contribution in [3.8, 4) is 5.75 Å². The van der Waals surface area contributed by atoms with E-state index in [4.69, 9.17) is 22.1 Å². The molecule has 0 aliphatic heterocycles. The van der Waals surface area contributed by atoms with Gasteiger partial charge in [0.1, 0.15) is 12.4 Å². The van der Waals surface area contributed by atoms with Crippen molar-refractivity contribution in [2.75, 3.05) is 26.2 Å². The Balaban J connectivity index is 2.61. The number of nitrogens with two attached hydrogens (primary N) is 1. The summed E-state index contributed by atoms with van der Waals surface area (Å²) in [7, 11) is 0. The Morgan fingerprint density at radius 2 is 2.00 bits per heavy atom. The molecule has 0 bridgehead atoms. The molecule has 102 valence electrons. The lowest BCUT2D eigenvalue weighted by Crippen LogP contribution is -2.28. The van der Waals surface area contributed by atoms with E-state index in [1.807, 2.05) is 25.1 Å². The number of rotatable bonds is 7. The second kappa shape index (κ2) is 7.62. The third kappa shape index (κ3) is 4.48. The predicted molar refractivity (Wildman–Crippen MR) is 77.3 cm³/mol. The van der Waals surface area contributed by atoms with Crippen molar-refractivity contribution in [1.29, 1.82) is 0 Å². The van der Waals surface area contributed by atoms with Gasteiger partial charge in [-0.25, -0.2) is 0 Å². The Labute approximate surface area is 115 Å². The lowest BCUT2D eigenvalue weighted by atomic mass is 10.1. The summed E-state index contributed by atoms with van der Waals surface area (Å²) in [6.45, 7) is 9.92. The second-order valence-corrected chi connectivity index (χ2v) is 4.78. The van der Waals surface area contributed by atoms with E-state index in [1.54, 1.807) is 0 Å². The molecular formula is C14H23ClN2O. The van der Waals surface area contributed by atoms with Crippen LogP contribution in [0.25, 0.3) is 0 Å². The van der Waals surface area contributed by atoms with Crippen LogP contribution in [0.3, 0.4) is 0 Å². The van der Waals surface area contributed by atoms with Crippen LogP contribution in [0.1, 0.15) is 32.4 Å². The van der Waals surface area contributed by atoms with Gasteiger partial charge >= 0.3 is 0 Å². The molecule has 0 heterocycles. The topological polar surface area (TPSA) is 38.5 Å². The van der Waals surface area contributed by atoms with Crippen LogP contribution >= 0.6 is 11.6 Å². The maximum Gasteiger partial charge on any atom is 0.124 e. The van der Waals surface area contributed by atoms with Gasteiger partial charge in [0, 0.05) is 23.2 Å². The Bertz CT molecular complexity index is 365. The van der Waals surface area contributed by atoms with Gasteiger partial charge in [0.25, 0.3) is 0 Å². The first-order valence-electron chi connectivity index (χ1n) is 6.48. The monoisotopic (exact) mass is 270 g/mol. The van der Waals surface area contributed by atoms with Crippen LogP contribution < -0.4 is 10.5 Å². The molecule has 0 aliphatic rings. The van der Waals surface area contributed by atoms with E-state index in [2.05, 4.69) is 18.7 Å². The van der Waals surface area contributed by atoms with Gasteiger partial charge in [-0.05, 0) is 38.2 Å². The molecule has 0 radical (unpaired) electrons. The fourth-order valence-electron chi connectivity index (χ4n) is 1.83. The molecule has 0 saturated heterocycles. The first-order valence-corrected chi connectivity index (χ1v) is 6.86. The quantitative estimate of drug-likeness (QED) is 0.828. The summed E-state index contributed by atoms with van der Waals surface area (Å²) in [5.41, 5.74) is 6.88. The van der Waals surface area contributed by atoms with Crippen molar-refractivity contribution in [3.05, 3.63) is 28.8 Å². The molecule has 1 aromatic carbocycles. The molecule has 0 aliphatic carbocycles. The van der Waals surface area contributed by atoms with E-state index < -0.39 is 0 Å². The highest BCUT2D eigenvalue weighted by molar-refractivity contribution is 6.30. The van der Waals surface area contributed by atoms with Crippen LogP contribution in [-0.4, -0.2) is 31.1 Å². The maximum atomic E-state index is 5.97. The number of hydrogen-bond acceptors (Lipinski definition) is 3. The summed E-state index contributed by atoms with van der Waals surface area (Å²) in [5.74, 6) is 0.835. The van der Waals surface area contributed by atoms with E-state index in [0.29, 0.717) is 11.6 Å². The van der Waals surface area contributed by atoms with Gasteiger partial charge in [0.05, 0.1) is 0 Å². The van der Waals surface area contributed by atoms with Gasteiger partial charge in [-0.15, -0.1) is 0 Å². The minimum atomic E-state index is -0.0767. The zero-order chi connectivity index (χ0) is 13.5. The van der Waals surface area contributed by atoms with E-state index in [0.717, 1.165) is 30.9 Å². The molecule has 0 aromatic heterocycles. The lowest BCUT2D eigenvalue weighted by molar-refractivity contribution is 0.221. The molecule has 0 unspecified atom stereocenters. The van der Waals surface area contributed by atoms with Crippen molar-refractivity contribution in [2.45, 2.75) is 26.8 Å². The molecule has 0 amide bonds. The zero-order valence-electron chi connectivity index (χ0n) is 11.4. The Hall–Kier alpha value is -0.770. The molecule has 0 spiro atoms. The molecule has 2 N–H and O–H groups in total. The van der Waals surface area contributed by atoms with Crippen LogP contribution in [0.15, 0.2) is 18.2 Å². The predicted octanol–water partition coefficient (Wildman–Crippen LogP) is 3.08. The Morgan fingerprint density at radius 1 is 1.33 bits per heavy atom. The average Bonchev–Trinajstić information content (AvgIpc) is 2.36. The molecule has 4 heteroatoms. The molecule has 1 aromatic rings. The zero-order valence-corrected chi connectivity index (χ0v) is 12.2. The summed E-state index contributed by atoms with van der Waals surface area (Å²) in [4.78, 5) is 2.32. The molecule has 18 heavy (non-hydrogen) atoms. The van der Waals surface area contributed by atoms with E-state index in [1.165, 1.54) is 0 Å². The van der Waals surface area contributed by atoms with Crippen molar-refractivity contribution in [1.82, 2.24) is 4.90 Å². The maximum absolute atomic E-state index is 5.97. The molecular weight excluding hydrogens is 248 g/mol. The van der Waals surface area contributed by atoms with Gasteiger partial charge in [0.15, 0.2) is 0 Å². The summed E-state index contributed by atoms with van der Waals surface area (Å²) in [6, 6.07) is 5.52. The highest BCUT2D eigenvalue weighted by Gasteiger charge is 2.09. The standard InChI is InChI=1S/C14H23ClN2O/c1-4-17(5-2)8-9-18-14-7-6-12(15)10-13(14)11(3)16/h6-7,10-11H,4-5,8-9,16H2,1-3H3/t11-/m1/s1. The Morgan fingerprint density at radius 3 is 2.56 bits per heavy atom. The molecule has 0 saturated carbocycles. The summed E-state index contributed by atoms with van der Waals surface area (Å²) < 4.78 is 5.81. The van der Waals surface area contributed by atoms with Gasteiger partial charge < -0.3 is 15.4 Å². The van der Waals surface area contributed by atoms with Crippen LogP contribution in [-0.2, 0) is 0 Å². The fourth-order valence-corrected chi connectivity index (χ4v) is 2.01. The third-order valence-corrected chi connectivity index (χ3v) is 3.26. The largest absolute Gasteiger partial charge is 0.492 e. The third-order valence-electron chi connectivity index (χ3n) is 3.02. The van der Waals surface area contributed by atoms with Gasteiger partial charge in [-0.2, -0.15) is 0 Å². The fraction of sp³-hybridized carbons (Fsp3) is 0.571. The molecule has 1 atom stereocenters. The minimum Gasteiger partial charge on any atom is -0.492 e. The first-order chi connectivity index (χ1) is 8.58. The van der Waals surface area contributed by atoms with Crippen molar-refractivity contribution in [3.63, 3.8) is 0 Å². The number of benzene rings is 1. The minimum absolute atomic E-state index is 0.0767. The van der Waals surface area contributed by atoms with Gasteiger partial charge in [-0.3, -0.25) is 0 Å². The number of nitrogens with zero attached hydrogens (tertiary/aromatic N) is 1. The van der Waals surface area contributed by atoms with E-state index >= 15 is 0 Å². The smallest absolute Gasteiger partial charge is 0.124 e. The van der Waals surface area contributed by atoms with E-state index in [9.17, 15) is 0 Å². The van der Waals surface area contributed by atoms with Crippen LogP contribution in [0.4, 0.5) is 0 Å². The SMILES string of the molecule is CCN(CC)CCOc1ccc(Cl)cc1[C@@H](C)N. The van der Waals surface area contributed by atoms with E-state index in [-0.39, 0.29) is 6.04 Å². The van der Waals surface area contributed by atoms with Crippen LogP contribution in [0.5, 0.6) is 5.75 Å². The lowest BCUT2D eigenvalue weighted by Gasteiger charge is -2.19. The number of ether oxygens (including phenoxy) is 1. The highest BCUT2D eigenvalue weighted by atomic mass is 35.5. The molecule has 3 nitrogen and oxygen atoms in total. The average molecular weight is 271 g/mol. The van der Waals surface area contributed by atoms with Crippen LogP contribution in [0.2, 0.25) is 5.02 Å². The van der Waals surface area contributed by atoms with Crippen molar-refractivity contribution in [2.24, 2.45) is 5.73 Å². The summed E-state index contributed by atoms with van der Waals surface area (Å²) in [6.07, 6.45) is 0. The Kier molecular flexibility index (Phi) is 6.47. The number of likely N-dealkylation sites (N-methyl/N-ethyl adjacent to an activating group) is 1. The molecule has 1 rings (SSSR count). The van der Waals surface area contributed by atoms with Crippen LogP contribution in [0, 0.1) is 0 Å². The first kappa shape index (κ1) is 15.3. The summed E-state index contributed by atoms with van der Waals surface area (Å²) >= 11 is 5.97. The van der Waals surface area contributed by atoms with Gasteiger partial charge in [-0.1, -0.05) is 25.4 Å². The number of halogens is 1. The van der Waals surface area contributed by atoms with Crippen molar-refractivity contribution < 1.29 is 4.74 Å². The van der Waals surface area contributed by atoms with Crippen molar-refractivity contribution >= 4 is 11.6 Å². The molecule has 0 fully saturated rings. The number of hydrogen-bond donors (Lipinski definition) is 1. The summed E-state index contributed by atoms with van der Waals surface area (Å²) in [5, 5.41) is 0.693.